The molecule has 2 aliphatic heterocycles. The summed E-state index contributed by atoms with van der Waals surface area (Å²) in [5, 5.41) is 0. The zero-order valence-electron chi connectivity index (χ0n) is 40.9. The van der Waals surface area contributed by atoms with Gasteiger partial charge in [-0.3, -0.25) is 9.98 Å². The van der Waals surface area contributed by atoms with Crippen molar-refractivity contribution in [3.63, 3.8) is 0 Å². The van der Waals surface area contributed by atoms with E-state index < -0.39 is 0 Å². The third-order valence-corrected chi connectivity index (χ3v) is 12.8. The SMILES string of the molecule is CCOC(=O)C1=C(C)/C(=C(\c2cc(C)c(C)c(C)c2)c2[n-]c(C)c(CC)c2C)N=C1C.CCOC(=O)C1=C(C)/C(=C(\c2cc(C)c(C)c(C)c2)c2[n-]c(C)c(CC)c2C)N=C1C.[Co+2]. The van der Waals surface area contributed by atoms with E-state index in [2.05, 4.69) is 107 Å². The number of ether oxygens (including phenoxy) is 2. The number of aliphatic imine (C=N–C) groups is 2. The van der Waals surface area contributed by atoms with E-state index in [4.69, 9.17) is 29.4 Å². The Hall–Kier alpha value is -5.25. The molecule has 0 N–H and O–H groups in total. The molecule has 2 aromatic heterocycles. The van der Waals surface area contributed by atoms with E-state index in [1.165, 1.54) is 55.6 Å². The summed E-state index contributed by atoms with van der Waals surface area (Å²) in [4.78, 5) is 45.0. The maximum Gasteiger partial charge on any atom is 2.00 e. The Labute approximate surface area is 386 Å². The van der Waals surface area contributed by atoms with E-state index in [-0.39, 0.29) is 28.7 Å². The van der Waals surface area contributed by atoms with Gasteiger partial charge in [-0.25, -0.2) is 9.59 Å². The topological polar surface area (TPSA) is 106 Å². The van der Waals surface area contributed by atoms with Crippen LogP contribution in [-0.4, -0.2) is 36.6 Å². The summed E-state index contributed by atoms with van der Waals surface area (Å²) >= 11 is 0. The molecule has 6 rings (SSSR count). The first-order chi connectivity index (χ1) is 29.2. The van der Waals surface area contributed by atoms with Crippen LogP contribution in [0.3, 0.4) is 0 Å². The summed E-state index contributed by atoms with van der Waals surface area (Å²) in [5.74, 6) is -0.631. The number of carbonyl (C=O) groups excluding carboxylic acids is 2. The number of allylic oxidation sites excluding steroid dienone is 2. The molecule has 4 aromatic rings. The summed E-state index contributed by atoms with van der Waals surface area (Å²) in [6.07, 6.45) is 1.87. The molecule has 2 aromatic carbocycles. The Morgan fingerprint density at radius 2 is 0.794 bits per heavy atom. The van der Waals surface area contributed by atoms with Gasteiger partial charge in [-0.05, 0) is 177 Å². The van der Waals surface area contributed by atoms with Crippen LogP contribution in [0.4, 0.5) is 0 Å². The van der Waals surface area contributed by atoms with Crippen LogP contribution in [-0.2, 0) is 48.7 Å². The van der Waals surface area contributed by atoms with Gasteiger partial charge in [-0.1, -0.05) is 74.2 Å². The predicted molar refractivity (Wildman–Crippen MR) is 255 cm³/mol. The molecule has 0 fully saturated rings. The predicted octanol–water partition coefficient (Wildman–Crippen LogP) is 11.7. The summed E-state index contributed by atoms with van der Waals surface area (Å²) in [5.41, 5.74) is 26.4. The number of hydrogen-bond acceptors (Lipinski definition) is 6. The number of hydrogen-bond donors (Lipinski definition) is 0. The first kappa shape index (κ1) is 50.4. The molecule has 0 spiro atoms. The van der Waals surface area contributed by atoms with Gasteiger partial charge in [0.25, 0.3) is 0 Å². The molecule has 0 saturated heterocycles. The third kappa shape index (κ3) is 9.65. The van der Waals surface area contributed by atoms with Gasteiger partial charge in [0.05, 0.1) is 47.2 Å². The Bertz CT molecular complexity index is 2460. The van der Waals surface area contributed by atoms with Gasteiger partial charge in [0.15, 0.2) is 0 Å². The fourth-order valence-electron chi connectivity index (χ4n) is 9.02. The standard InChI is InChI=1S/2C27H34N2O2.Co/c2*1-10-22-17(6)25(28-19(22)8)24(21-12-14(3)16(5)15(4)13-21)26-18(7)23(20(9)29-26)27(30)31-11-2;/h2*12-13H,10-11H2,1-9H3,(H,28,29,30);/q;;+2/p-2. The largest absolute Gasteiger partial charge is 2.00 e. The first-order valence-corrected chi connectivity index (χ1v) is 22.0. The molecular formula is C54H66CoN4O4. The molecule has 0 amide bonds. The van der Waals surface area contributed by atoms with Gasteiger partial charge in [-0.2, -0.15) is 11.4 Å². The van der Waals surface area contributed by atoms with Crippen molar-refractivity contribution in [3.8, 4) is 0 Å². The van der Waals surface area contributed by atoms with Crippen molar-refractivity contribution in [2.75, 3.05) is 13.2 Å². The first-order valence-electron chi connectivity index (χ1n) is 22.0. The number of carbonyl (C=O) groups is 2. The molecule has 8 nitrogen and oxygen atoms in total. The van der Waals surface area contributed by atoms with Crippen LogP contribution < -0.4 is 9.97 Å². The molecule has 0 atom stereocenters. The van der Waals surface area contributed by atoms with E-state index in [9.17, 15) is 9.59 Å². The number of benzene rings is 2. The van der Waals surface area contributed by atoms with Gasteiger partial charge in [-0.15, -0.1) is 11.4 Å². The van der Waals surface area contributed by atoms with Crippen molar-refractivity contribution < 1.29 is 35.8 Å². The minimum absolute atomic E-state index is 0. The van der Waals surface area contributed by atoms with E-state index in [1.54, 1.807) is 0 Å². The second kappa shape index (κ2) is 20.5. The van der Waals surface area contributed by atoms with Crippen LogP contribution in [0.15, 0.2) is 67.9 Å². The summed E-state index contributed by atoms with van der Waals surface area (Å²) < 4.78 is 10.6. The summed E-state index contributed by atoms with van der Waals surface area (Å²) in [7, 11) is 0. The van der Waals surface area contributed by atoms with Gasteiger partial charge in [0, 0.05) is 0 Å². The van der Waals surface area contributed by atoms with E-state index in [0.717, 1.165) is 80.4 Å². The van der Waals surface area contributed by atoms with Gasteiger partial charge < -0.3 is 19.4 Å². The number of aryl methyl sites for hydroxylation is 6. The minimum atomic E-state index is -0.315. The quantitative estimate of drug-likeness (QED) is 0.147. The van der Waals surface area contributed by atoms with Crippen LogP contribution in [0.25, 0.3) is 11.1 Å². The van der Waals surface area contributed by atoms with Crippen molar-refractivity contribution in [2.24, 2.45) is 9.98 Å². The number of esters is 2. The molecule has 2 aliphatic rings. The monoisotopic (exact) mass is 893 g/mol. The van der Waals surface area contributed by atoms with E-state index in [0.29, 0.717) is 35.8 Å². The summed E-state index contributed by atoms with van der Waals surface area (Å²) in [6, 6.07) is 8.83. The second-order valence-electron chi connectivity index (χ2n) is 16.8. The van der Waals surface area contributed by atoms with Crippen molar-refractivity contribution in [3.05, 3.63) is 147 Å². The van der Waals surface area contributed by atoms with Gasteiger partial charge in [0.1, 0.15) is 0 Å². The van der Waals surface area contributed by atoms with Gasteiger partial charge >= 0.3 is 28.7 Å². The van der Waals surface area contributed by atoms with Crippen LogP contribution >= 0.6 is 0 Å². The average molecular weight is 894 g/mol. The van der Waals surface area contributed by atoms with E-state index >= 15 is 0 Å². The molecule has 0 aliphatic carbocycles. The van der Waals surface area contributed by atoms with Crippen LogP contribution in [0.5, 0.6) is 0 Å². The van der Waals surface area contributed by atoms with Crippen molar-refractivity contribution in [1.82, 2.24) is 9.97 Å². The minimum Gasteiger partial charge on any atom is -0.660 e. The summed E-state index contributed by atoms with van der Waals surface area (Å²) in [6.45, 7) is 37.6. The zero-order chi connectivity index (χ0) is 46.1. The number of aromatic nitrogens is 2. The smallest absolute Gasteiger partial charge is 0.660 e. The Morgan fingerprint density at radius 3 is 1.05 bits per heavy atom. The maximum atomic E-state index is 12.6. The number of rotatable bonds is 10. The fourth-order valence-corrected chi connectivity index (χ4v) is 9.02. The van der Waals surface area contributed by atoms with Crippen molar-refractivity contribution in [2.45, 2.75) is 137 Å². The van der Waals surface area contributed by atoms with Crippen molar-refractivity contribution >= 4 is 34.5 Å². The molecule has 0 unspecified atom stereocenters. The molecule has 9 heteroatoms. The molecule has 1 radical (unpaired) electrons. The number of nitrogens with zero attached hydrogens (tertiary/aromatic N) is 4. The second-order valence-corrected chi connectivity index (χ2v) is 16.8. The Kier molecular flexibility index (Phi) is 16.4. The van der Waals surface area contributed by atoms with Crippen molar-refractivity contribution in [1.29, 1.82) is 0 Å². The van der Waals surface area contributed by atoms with Gasteiger partial charge in [0.2, 0.25) is 0 Å². The molecular weight excluding hydrogens is 828 g/mol. The molecule has 63 heavy (non-hydrogen) atoms. The average Bonchev–Trinajstić information content (AvgIpc) is 3.87. The molecule has 0 bridgehead atoms. The fraction of sp³-hybridized carbons (Fsp3) is 0.407. The Balaban J connectivity index is 0.000000272. The zero-order valence-corrected chi connectivity index (χ0v) is 41.9. The van der Waals surface area contributed by atoms with Crippen LogP contribution in [0, 0.1) is 69.2 Å². The van der Waals surface area contributed by atoms with E-state index in [1.807, 2.05) is 41.5 Å². The van der Waals surface area contributed by atoms with Crippen LogP contribution in [0.1, 0.15) is 145 Å². The Morgan fingerprint density at radius 1 is 0.492 bits per heavy atom. The molecule has 4 heterocycles. The maximum absolute atomic E-state index is 12.6. The molecule has 0 saturated carbocycles. The van der Waals surface area contributed by atoms with Crippen LogP contribution in [0.2, 0.25) is 0 Å². The normalized spacial score (nSPS) is 15.2. The third-order valence-electron chi connectivity index (χ3n) is 12.8. The molecule has 335 valence electrons.